The van der Waals surface area contributed by atoms with Gasteiger partial charge in [-0.2, -0.15) is 4.98 Å². The van der Waals surface area contributed by atoms with Crippen molar-refractivity contribution in [1.82, 2.24) is 29.7 Å². The van der Waals surface area contributed by atoms with Crippen LogP contribution in [0.1, 0.15) is 67.5 Å². The van der Waals surface area contributed by atoms with Gasteiger partial charge in [0.2, 0.25) is 5.95 Å². The summed E-state index contributed by atoms with van der Waals surface area (Å²) < 4.78 is 53.6. The van der Waals surface area contributed by atoms with Crippen molar-refractivity contribution >= 4 is 36.7 Å². The molecule has 1 fully saturated rings. The van der Waals surface area contributed by atoms with Crippen LogP contribution in [-0.4, -0.2) is 86.3 Å². The van der Waals surface area contributed by atoms with E-state index in [0.717, 1.165) is 17.8 Å². The van der Waals surface area contributed by atoms with Crippen LogP contribution < -0.4 is 21.5 Å². The minimum atomic E-state index is -4.36. The molecule has 45 heavy (non-hydrogen) atoms. The lowest BCUT2D eigenvalue weighted by atomic mass is 9.98. The number of H-pyrrole nitrogens is 1. The summed E-state index contributed by atoms with van der Waals surface area (Å²) in [5.41, 5.74) is 2.34. The van der Waals surface area contributed by atoms with Gasteiger partial charge in [0.15, 0.2) is 23.1 Å². The van der Waals surface area contributed by atoms with Gasteiger partial charge in [0.05, 0.1) is 26.1 Å². The number of rotatable bonds is 16. The van der Waals surface area contributed by atoms with Gasteiger partial charge in [-0.1, -0.05) is 27.7 Å². The van der Waals surface area contributed by atoms with Crippen LogP contribution in [-0.2, 0) is 32.9 Å². The average molecular weight is 662 g/mol. The van der Waals surface area contributed by atoms with Crippen LogP contribution in [0.3, 0.4) is 0 Å². The van der Waals surface area contributed by atoms with Gasteiger partial charge in [-0.15, -0.1) is 0 Å². The number of aliphatic hydroxyl groups is 1. The van der Waals surface area contributed by atoms with Crippen LogP contribution in [0, 0.1) is 11.8 Å². The third-order valence-corrected chi connectivity index (χ3v) is 8.86. The molecule has 2 aromatic heterocycles. The van der Waals surface area contributed by atoms with Crippen molar-refractivity contribution in [3.8, 4) is 0 Å². The number of aromatic nitrogens is 4. The molecule has 0 aliphatic carbocycles. The Labute approximate surface area is 260 Å². The number of fused-ring (bicyclic) bond motifs is 1. The Bertz CT molecular complexity index is 1390. The summed E-state index contributed by atoms with van der Waals surface area (Å²) in [6.07, 6.45) is -3.22. The monoisotopic (exact) mass is 661 g/mol. The van der Waals surface area contributed by atoms with Gasteiger partial charge in [-0.3, -0.25) is 28.5 Å². The number of aliphatic hydroxyl groups excluding tert-OH is 1. The number of carbonyl (C=O) groups is 2. The number of carbonyl (C=O) groups excluding carboxylic acids is 2. The number of alkyl halides is 1. The lowest BCUT2D eigenvalue weighted by Gasteiger charge is -2.30. The fourth-order valence-corrected chi connectivity index (χ4v) is 6.82. The smallest absolute Gasteiger partial charge is 0.342 e. The van der Waals surface area contributed by atoms with Gasteiger partial charge < -0.3 is 29.6 Å². The van der Waals surface area contributed by atoms with Crippen molar-refractivity contribution < 1.29 is 42.4 Å². The van der Waals surface area contributed by atoms with Crippen LogP contribution >= 0.6 is 7.67 Å². The molecular weight excluding hydrogens is 616 g/mol. The number of halogens is 1. The van der Waals surface area contributed by atoms with Crippen molar-refractivity contribution in [2.45, 2.75) is 97.5 Å². The molecule has 0 bridgehead atoms. The molecule has 0 aromatic carbocycles. The summed E-state index contributed by atoms with van der Waals surface area (Å²) >= 11 is 0. The summed E-state index contributed by atoms with van der Waals surface area (Å²) in [5.74, 6) is -1.68. The van der Waals surface area contributed by atoms with E-state index in [2.05, 4.69) is 25.1 Å². The number of hydrogen-bond donors (Lipinski definition) is 5. The number of esters is 2. The van der Waals surface area contributed by atoms with Gasteiger partial charge >= 0.3 is 19.6 Å². The van der Waals surface area contributed by atoms with E-state index in [1.807, 2.05) is 27.7 Å². The van der Waals surface area contributed by atoms with E-state index in [-0.39, 0.29) is 55.0 Å². The number of aromatic amines is 1. The number of nitrogens with one attached hydrogen (secondary N) is 3. The van der Waals surface area contributed by atoms with Crippen LogP contribution in [0.5, 0.6) is 0 Å². The number of nitrogen functional groups attached to an aromatic ring is 1. The first kappa shape index (κ1) is 36.5. The van der Waals surface area contributed by atoms with Gasteiger partial charge in [0.1, 0.15) is 24.3 Å². The first-order valence-electron chi connectivity index (χ1n) is 14.9. The third-order valence-electron chi connectivity index (χ3n) is 7.05. The molecule has 6 N–H and O–H groups in total. The summed E-state index contributed by atoms with van der Waals surface area (Å²) in [6, 6.07) is -2.21. The maximum Gasteiger partial charge on any atom is 0.342 e. The predicted octanol–water partition coefficient (Wildman–Crippen LogP) is 1.95. The minimum absolute atomic E-state index is 0.0373. The van der Waals surface area contributed by atoms with Crippen LogP contribution in [0.25, 0.3) is 11.2 Å². The second kappa shape index (κ2) is 15.1. The van der Waals surface area contributed by atoms with E-state index in [1.165, 1.54) is 0 Å². The van der Waals surface area contributed by atoms with E-state index in [9.17, 15) is 24.1 Å². The third kappa shape index (κ3) is 8.86. The molecule has 0 saturated carbocycles. The van der Waals surface area contributed by atoms with Gasteiger partial charge in [-0.05, 0) is 45.4 Å². The molecule has 1 aliphatic heterocycles. The molecule has 0 amide bonds. The van der Waals surface area contributed by atoms with Gasteiger partial charge in [0, 0.05) is 0 Å². The molecule has 3 rings (SSSR count). The number of anilines is 1. The minimum Gasteiger partial charge on any atom is -0.465 e. The Morgan fingerprint density at radius 2 is 1.69 bits per heavy atom. The zero-order valence-electron chi connectivity index (χ0n) is 26.6. The molecule has 0 spiro atoms. The van der Waals surface area contributed by atoms with Gasteiger partial charge in [-0.25, -0.2) is 19.5 Å². The largest absolute Gasteiger partial charge is 0.465 e. The number of nitrogens with two attached hydrogens (primary N) is 1. The van der Waals surface area contributed by atoms with E-state index in [0.29, 0.717) is 0 Å². The van der Waals surface area contributed by atoms with Crippen molar-refractivity contribution in [3.63, 3.8) is 0 Å². The molecule has 18 heteroatoms. The normalized spacial score (nSPS) is 23.5. The maximum absolute atomic E-state index is 16.1. The molecule has 1 aliphatic rings. The Hall–Kier alpha value is -2.95. The standard InChI is InChI=1S/C27H45FN7O9P/c1-8-41-23(38)16(10-14(3)4)33-45(40,34-17(11-15(5)6)24(39)42-9-2)43-12-18-20(36)27(7,28)25(44-18)35-13-30-19-21(35)31-26(29)32-22(19)37/h13-18,20,25,36H,8-12H2,1-7H3,(H2,33,34,40)(H3,29,31,32,37)/t16-,17-,18+,20?,25+,27-/m0/s1. The first-order valence-corrected chi connectivity index (χ1v) is 16.5. The highest BCUT2D eigenvalue weighted by molar-refractivity contribution is 7.54. The van der Waals surface area contributed by atoms with Crippen LogP contribution in [0.2, 0.25) is 0 Å². The molecular formula is C27H45FN7O9P. The lowest BCUT2D eigenvalue weighted by molar-refractivity contribution is -0.146. The van der Waals surface area contributed by atoms with Gasteiger partial charge in [0.25, 0.3) is 5.56 Å². The van der Waals surface area contributed by atoms with E-state index in [1.54, 1.807) is 13.8 Å². The number of hydrogen-bond acceptors (Lipinski definition) is 12. The number of nitrogens with zero attached hydrogens (tertiary/aromatic N) is 3. The Kier molecular flexibility index (Phi) is 12.2. The molecule has 16 nitrogen and oxygen atoms in total. The van der Waals surface area contributed by atoms with Crippen LogP contribution in [0.4, 0.5) is 10.3 Å². The molecule has 1 saturated heterocycles. The van der Waals surface area contributed by atoms with E-state index < -0.39 is 68.0 Å². The highest BCUT2D eigenvalue weighted by atomic mass is 31.2. The Balaban J connectivity index is 1.94. The topological polar surface area (TPSA) is 222 Å². The van der Waals surface area contributed by atoms with Crippen molar-refractivity contribution in [3.05, 3.63) is 16.7 Å². The average Bonchev–Trinajstić information content (AvgIpc) is 3.44. The van der Waals surface area contributed by atoms with Crippen LogP contribution in [0.15, 0.2) is 11.1 Å². The molecule has 254 valence electrons. The summed E-state index contributed by atoms with van der Waals surface area (Å²) in [6.45, 7) is 11.3. The fourth-order valence-electron chi connectivity index (χ4n) is 5.00. The summed E-state index contributed by atoms with van der Waals surface area (Å²) in [4.78, 5) is 48.2. The molecule has 6 atom stereocenters. The molecule has 0 radical (unpaired) electrons. The summed E-state index contributed by atoms with van der Waals surface area (Å²) in [5, 5.41) is 16.4. The SMILES string of the molecule is CCOC(=O)[C@H](CC(C)C)NP(=O)(N[C@@H](CC(C)C)C(=O)OCC)OC[C@H]1O[C@@H](n2cnc3c(=O)[nH]c(N)nc32)[C@@](C)(F)C1O. The number of imidazole rings is 1. The highest BCUT2D eigenvalue weighted by Gasteiger charge is 2.56. The van der Waals surface area contributed by atoms with E-state index >= 15 is 4.39 Å². The predicted molar refractivity (Wildman–Crippen MR) is 162 cm³/mol. The van der Waals surface area contributed by atoms with Crippen molar-refractivity contribution in [1.29, 1.82) is 0 Å². The zero-order valence-corrected chi connectivity index (χ0v) is 27.5. The fraction of sp³-hybridized carbons (Fsp3) is 0.741. The molecule has 2 aromatic rings. The zero-order chi connectivity index (χ0) is 33.7. The summed E-state index contributed by atoms with van der Waals surface area (Å²) in [7, 11) is -4.36. The maximum atomic E-state index is 16.1. The van der Waals surface area contributed by atoms with Crippen molar-refractivity contribution in [2.24, 2.45) is 11.8 Å². The molecule has 3 heterocycles. The van der Waals surface area contributed by atoms with Crippen molar-refractivity contribution in [2.75, 3.05) is 25.6 Å². The Morgan fingerprint density at radius 3 is 2.18 bits per heavy atom. The lowest BCUT2D eigenvalue weighted by Crippen LogP contribution is -2.46. The quantitative estimate of drug-likeness (QED) is 0.128. The Morgan fingerprint density at radius 1 is 1.16 bits per heavy atom. The number of ether oxygens (including phenoxy) is 3. The first-order chi connectivity index (χ1) is 21.0. The second-order valence-corrected chi connectivity index (χ2v) is 13.7. The molecule has 1 unspecified atom stereocenters. The van der Waals surface area contributed by atoms with E-state index in [4.69, 9.17) is 24.5 Å². The second-order valence-electron chi connectivity index (χ2n) is 11.9. The highest BCUT2D eigenvalue weighted by Crippen LogP contribution is 2.46.